The molecule has 0 saturated heterocycles. The molecule has 5 nitrogen and oxygen atoms in total. The van der Waals surface area contributed by atoms with Gasteiger partial charge in [-0.15, -0.1) is 0 Å². The van der Waals surface area contributed by atoms with E-state index >= 15 is 0 Å². The average molecular weight is 273 g/mol. The predicted octanol–water partition coefficient (Wildman–Crippen LogP) is 1.53. The van der Waals surface area contributed by atoms with E-state index in [1.807, 2.05) is 0 Å². The lowest BCUT2D eigenvalue weighted by molar-refractivity contribution is 0.390. The Labute approximate surface area is 108 Å². The van der Waals surface area contributed by atoms with E-state index in [1.165, 1.54) is 7.11 Å². The fraction of sp³-hybridized carbons (Fsp3) is 0.500. The maximum atomic E-state index is 11.6. The first-order chi connectivity index (χ1) is 8.40. The molecule has 0 radical (unpaired) electrons. The van der Waals surface area contributed by atoms with Crippen molar-refractivity contribution in [2.24, 2.45) is 0 Å². The summed E-state index contributed by atoms with van der Waals surface area (Å²) in [4.78, 5) is 0. The summed E-state index contributed by atoms with van der Waals surface area (Å²) in [5.41, 5.74) is 0.766. The number of ether oxygens (including phenoxy) is 2. The van der Waals surface area contributed by atoms with E-state index in [-0.39, 0.29) is 6.54 Å². The van der Waals surface area contributed by atoms with Crippen LogP contribution in [0.5, 0.6) is 11.5 Å². The zero-order valence-electron chi connectivity index (χ0n) is 11.1. The van der Waals surface area contributed by atoms with Crippen molar-refractivity contribution in [2.75, 3.05) is 14.2 Å². The van der Waals surface area contributed by atoms with Gasteiger partial charge in [-0.3, -0.25) is 0 Å². The summed E-state index contributed by atoms with van der Waals surface area (Å²) >= 11 is 0. The van der Waals surface area contributed by atoms with Crippen molar-refractivity contribution in [3.05, 3.63) is 23.8 Å². The third-order valence-electron chi connectivity index (χ3n) is 2.58. The van der Waals surface area contributed by atoms with E-state index in [4.69, 9.17) is 9.47 Å². The van der Waals surface area contributed by atoms with Gasteiger partial charge in [-0.2, -0.15) is 0 Å². The Morgan fingerprint density at radius 1 is 1.22 bits per heavy atom. The van der Waals surface area contributed by atoms with Crippen LogP contribution in [0.1, 0.15) is 19.4 Å². The third-order valence-corrected chi connectivity index (χ3v) is 4.37. The minimum atomic E-state index is -3.27. The van der Waals surface area contributed by atoms with E-state index in [2.05, 4.69) is 4.72 Å². The van der Waals surface area contributed by atoms with Crippen LogP contribution >= 0.6 is 0 Å². The molecule has 1 rings (SSSR count). The summed E-state index contributed by atoms with van der Waals surface area (Å²) in [7, 11) is -0.172. The van der Waals surface area contributed by atoms with Gasteiger partial charge < -0.3 is 9.47 Å². The zero-order chi connectivity index (χ0) is 13.8. The Morgan fingerprint density at radius 2 is 1.89 bits per heavy atom. The monoisotopic (exact) mass is 273 g/mol. The Morgan fingerprint density at radius 3 is 2.39 bits per heavy atom. The molecule has 0 aliphatic heterocycles. The van der Waals surface area contributed by atoms with Crippen LogP contribution < -0.4 is 14.2 Å². The maximum absolute atomic E-state index is 11.6. The normalized spacial score (nSPS) is 11.6. The van der Waals surface area contributed by atoms with Crippen molar-refractivity contribution in [3.63, 3.8) is 0 Å². The Kier molecular flexibility index (Phi) is 4.98. The smallest absolute Gasteiger partial charge is 0.214 e. The van der Waals surface area contributed by atoms with Crippen LogP contribution in [0.4, 0.5) is 0 Å². The lowest BCUT2D eigenvalue weighted by Crippen LogP contribution is -2.30. The van der Waals surface area contributed by atoms with Crippen molar-refractivity contribution >= 4 is 10.0 Å². The molecule has 0 amide bonds. The molecule has 0 bridgehead atoms. The van der Waals surface area contributed by atoms with Gasteiger partial charge in [-0.25, -0.2) is 13.1 Å². The third kappa shape index (κ3) is 3.61. The van der Waals surface area contributed by atoms with Gasteiger partial charge in [0.25, 0.3) is 0 Å². The number of hydrogen-bond donors (Lipinski definition) is 1. The Hall–Kier alpha value is -1.27. The second-order valence-corrected chi connectivity index (χ2v) is 6.41. The van der Waals surface area contributed by atoms with Crippen LogP contribution in [0.15, 0.2) is 18.2 Å². The first kappa shape index (κ1) is 14.8. The van der Waals surface area contributed by atoms with Crippen LogP contribution in [-0.4, -0.2) is 27.9 Å². The first-order valence-electron chi connectivity index (χ1n) is 5.60. The van der Waals surface area contributed by atoms with Gasteiger partial charge in [0.05, 0.1) is 19.5 Å². The summed E-state index contributed by atoms with van der Waals surface area (Å²) in [5.74, 6) is 1.27. The number of methoxy groups -OCH3 is 2. The minimum Gasteiger partial charge on any atom is -0.497 e. The van der Waals surface area contributed by atoms with Crippen molar-refractivity contribution in [2.45, 2.75) is 25.6 Å². The van der Waals surface area contributed by atoms with E-state index in [0.29, 0.717) is 11.5 Å². The van der Waals surface area contributed by atoms with Crippen LogP contribution in [0, 0.1) is 0 Å². The standard InChI is InChI=1S/C12H19NO4S/c1-9(2)18(14,15)13-8-10-5-6-11(16-3)7-12(10)17-4/h5-7,9,13H,8H2,1-4H3. The highest BCUT2D eigenvalue weighted by Gasteiger charge is 2.16. The lowest BCUT2D eigenvalue weighted by atomic mass is 10.2. The van der Waals surface area contributed by atoms with Crippen molar-refractivity contribution in [3.8, 4) is 11.5 Å². The van der Waals surface area contributed by atoms with E-state index in [9.17, 15) is 8.42 Å². The highest BCUT2D eigenvalue weighted by atomic mass is 32.2. The molecule has 0 saturated carbocycles. The van der Waals surface area contributed by atoms with Crippen LogP contribution in [-0.2, 0) is 16.6 Å². The molecule has 0 spiro atoms. The molecular weight excluding hydrogens is 254 g/mol. The van der Waals surface area contributed by atoms with Gasteiger partial charge in [0.15, 0.2) is 0 Å². The molecule has 0 atom stereocenters. The molecule has 1 aromatic rings. The fourth-order valence-electron chi connectivity index (χ4n) is 1.34. The first-order valence-corrected chi connectivity index (χ1v) is 7.14. The highest BCUT2D eigenvalue weighted by Crippen LogP contribution is 2.24. The van der Waals surface area contributed by atoms with E-state index in [0.717, 1.165) is 5.56 Å². The number of hydrogen-bond acceptors (Lipinski definition) is 4. The molecule has 6 heteroatoms. The topological polar surface area (TPSA) is 64.6 Å². The van der Waals surface area contributed by atoms with Gasteiger partial charge in [0.2, 0.25) is 10.0 Å². The van der Waals surface area contributed by atoms with Crippen LogP contribution in [0.25, 0.3) is 0 Å². The largest absolute Gasteiger partial charge is 0.497 e. The molecule has 102 valence electrons. The van der Waals surface area contributed by atoms with Gasteiger partial charge >= 0.3 is 0 Å². The molecule has 18 heavy (non-hydrogen) atoms. The fourth-order valence-corrected chi connectivity index (χ4v) is 2.03. The molecule has 1 N–H and O–H groups in total. The van der Waals surface area contributed by atoms with Crippen molar-refractivity contribution in [1.29, 1.82) is 0 Å². The molecule has 0 fully saturated rings. The lowest BCUT2D eigenvalue weighted by Gasteiger charge is -2.13. The zero-order valence-corrected chi connectivity index (χ0v) is 11.9. The second-order valence-electron chi connectivity index (χ2n) is 4.09. The average Bonchev–Trinajstić information content (AvgIpc) is 2.35. The summed E-state index contributed by atoms with van der Waals surface area (Å²) in [6.45, 7) is 3.47. The number of benzene rings is 1. The molecule has 0 heterocycles. The molecular formula is C12H19NO4S. The maximum Gasteiger partial charge on any atom is 0.214 e. The quantitative estimate of drug-likeness (QED) is 0.853. The van der Waals surface area contributed by atoms with Crippen LogP contribution in [0.3, 0.4) is 0 Å². The van der Waals surface area contributed by atoms with Crippen molar-refractivity contribution < 1.29 is 17.9 Å². The van der Waals surface area contributed by atoms with Gasteiger partial charge in [0, 0.05) is 18.2 Å². The summed E-state index contributed by atoms with van der Waals surface area (Å²) in [5, 5.41) is -0.457. The van der Waals surface area contributed by atoms with Gasteiger partial charge in [0.1, 0.15) is 11.5 Å². The highest BCUT2D eigenvalue weighted by molar-refractivity contribution is 7.90. The SMILES string of the molecule is COc1ccc(CNS(=O)(=O)C(C)C)c(OC)c1. The van der Waals surface area contributed by atoms with E-state index < -0.39 is 15.3 Å². The summed E-state index contributed by atoms with van der Waals surface area (Å²) in [6, 6.07) is 5.26. The van der Waals surface area contributed by atoms with Crippen molar-refractivity contribution in [1.82, 2.24) is 4.72 Å². The number of sulfonamides is 1. The summed E-state index contributed by atoms with van der Waals surface area (Å²) < 4.78 is 36.1. The number of rotatable bonds is 6. The Balaban J connectivity index is 2.85. The van der Waals surface area contributed by atoms with Gasteiger partial charge in [-0.1, -0.05) is 6.07 Å². The second kappa shape index (κ2) is 6.06. The predicted molar refractivity (Wildman–Crippen MR) is 70.4 cm³/mol. The van der Waals surface area contributed by atoms with Gasteiger partial charge in [-0.05, 0) is 19.9 Å². The van der Waals surface area contributed by atoms with Crippen LogP contribution in [0.2, 0.25) is 0 Å². The molecule has 1 aromatic carbocycles. The summed E-state index contributed by atoms with van der Waals surface area (Å²) in [6.07, 6.45) is 0. The minimum absolute atomic E-state index is 0.202. The molecule has 0 unspecified atom stereocenters. The number of nitrogens with one attached hydrogen (secondary N) is 1. The Bertz CT molecular complexity index is 497. The van der Waals surface area contributed by atoms with E-state index in [1.54, 1.807) is 39.2 Å². The molecule has 0 aliphatic rings. The molecule has 0 aliphatic carbocycles. The molecule has 0 aromatic heterocycles.